The van der Waals surface area contributed by atoms with E-state index in [0.717, 1.165) is 16.8 Å². The molecule has 0 radical (unpaired) electrons. The molecule has 0 aromatic heterocycles. The van der Waals surface area contributed by atoms with Crippen LogP contribution in [0.25, 0.3) is 0 Å². The van der Waals surface area contributed by atoms with E-state index in [1.807, 2.05) is 24.3 Å². The largest absolute Gasteiger partial charge is 0.493 e. The van der Waals surface area contributed by atoms with Crippen LogP contribution in [0.4, 0.5) is 0 Å². The second-order valence-electron chi connectivity index (χ2n) is 5.90. The molecule has 2 rings (SSSR count). The van der Waals surface area contributed by atoms with Crippen LogP contribution in [0.3, 0.4) is 0 Å². The third-order valence-corrected chi connectivity index (χ3v) is 5.68. The minimum absolute atomic E-state index is 0.0641. The van der Waals surface area contributed by atoms with Gasteiger partial charge in [-0.25, -0.2) is 0 Å². The van der Waals surface area contributed by atoms with E-state index in [2.05, 4.69) is 21.2 Å². The Morgan fingerprint density at radius 3 is 2.83 bits per heavy atom. The first-order valence-electron chi connectivity index (χ1n) is 8.13. The number of hydrogen-bond acceptors (Lipinski definition) is 3. The third kappa shape index (κ3) is 7.48. The van der Waals surface area contributed by atoms with Crippen LogP contribution in [0.5, 0.6) is 5.75 Å². The molecule has 0 spiro atoms. The Labute approximate surface area is 149 Å². The molecular weight excluding hydrogens is 378 g/mol. The number of nitrogens with one attached hydrogen (secondary N) is 1. The molecular formula is C17H24BrNO3S. The Morgan fingerprint density at radius 1 is 1.30 bits per heavy atom. The summed E-state index contributed by atoms with van der Waals surface area (Å²) >= 11 is 3.37. The van der Waals surface area contributed by atoms with Crippen LogP contribution in [-0.2, 0) is 15.6 Å². The van der Waals surface area contributed by atoms with Gasteiger partial charge in [-0.1, -0.05) is 41.3 Å². The predicted octanol–water partition coefficient (Wildman–Crippen LogP) is 3.27. The summed E-state index contributed by atoms with van der Waals surface area (Å²) in [6.07, 6.45) is 6.24. The Hall–Kier alpha value is -0.880. The van der Waals surface area contributed by atoms with Crippen molar-refractivity contribution < 1.29 is 13.7 Å². The van der Waals surface area contributed by atoms with E-state index >= 15 is 0 Å². The lowest BCUT2D eigenvalue weighted by molar-refractivity contribution is -0.118. The van der Waals surface area contributed by atoms with Crippen LogP contribution in [-0.4, -0.2) is 34.8 Å². The van der Waals surface area contributed by atoms with Gasteiger partial charge in [-0.05, 0) is 37.0 Å². The Balaban J connectivity index is 1.59. The van der Waals surface area contributed by atoms with E-state index in [0.29, 0.717) is 18.3 Å². The van der Waals surface area contributed by atoms with E-state index in [1.165, 1.54) is 32.1 Å². The first kappa shape index (κ1) is 18.5. The maximum absolute atomic E-state index is 11.9. The zero-order valence-corrected chi connectivity index (χ0v) is 15.7. The van der Waals surface area contributed by atoms with E-state index in [-0.39, 0.29) is 11.7 Å². The van der Waals surface area contributed by atoms with Crippen LogP contribution in [0.1, 0.15) is 32.1 Å². The quantitative estimate of drug-likeness (QED) is 0.726. The molecule has 1 aliphatic carbocycles. The van der Waals surface area contributed by atoms with Gasteiger partial charge < -0.3 is 10.1 Å². The van der Waals surface area contributed by atoms with Gasteiger partial charge in [-0.15, -0.1) is 0 Å². The summed E-state index contributed by atoms with van der Waals surface area (Å²) < 4.78 is 18.4. The molecule has 1 atom stereocenters. The van der Waals surface area contributed by atoms with Crippen molar-refractivity contribution in [2.75, 3.05) is 24.7 Å². The van der Waals surface area contributed by atoms with Crippen molar-refractivity contribution >= 4 is 32.6 Å². The third-order valence-electron chi connectivity index (χ3n) is 3.98. The molecule has 0 bridgehead atoms. The van der Waals surface area contributed by atoms with Gasteiger partial charge in [0.1, 0.15) is 11.5 Å². The van der Waals surface area contributed by atoms with Crippen LogP contribution < -0.4 is 10.1 Å². The van der Waals surface area contributed by atoms with Gasteiger partial charge in [-0.2, -0.15) is 0 Å². The van der Waals surface area contributed by atoms with Crippen LogP contribution in [0.2, 0.25) is 0 Å². The normalized spacial score (nSPS) is 16.7. The van der Waals surface area contributed by atoms with Gasteiger partial charge in [-0.3, -0.25) is 9.00 Å². The Morgan fingerprint density at radius 2 is 2.09 bits per heavy atom. The average Bonchev–Trinajstić information content (AvgIpc) is 2.54. The molecule has 0 heterocycles. The van der Waals surface area contributed by atoms with Gasteiger partial charge in [0.15, 0.2) is 0 Å². The zero-order valence-electron chi connectivity index (χ0n) is 13.3. The fraction of sp³-hybridized carbons (Fsp3) is 0.588. The number of hydrogen-bond donors (Lipinski definition) is 1. The lowest BCUT2D eigenvalue weighted by atomic mass is 9.89. The SMILES string of the molecule is O=C(C[S@@](=O)CCOc1cccc(Br)c1)NCC1CCCCC1. The van der Waals surface area contributed by atoms with Crippen LogP contribution in [0.15, 0.2) is 28.7 Å². The maximum atomic E-state index is 11.9. The van der Waals surface area contributed by atoms with Crippen molar-refractivity contribution in [1.29, 1.82) is 0 Å². The highest BCUT2D eigenvalue weighted by atomic mass is 79.9. The van der Waals surface area contributed by atoms with Crippen molar-refractivity contribution in [2.24, 2.45) is 5.92 Å². The number of halogens is 1. The molecule has 1 amide bonds. The first-order chi connectivity index (χ1) is 11.1. The van der Waals surface area contributed by atoms with Crippen molar-refractivity contribution in [3.63, 3.8) is 0 Å². The number of rotatable bonds is 8. The molecule has 0 saturated heterocycles. The molecule has 0 aliphatic heterocycles. The van der Waals surface area contributed by atoms with E-state index in [4.69, 9.17) is 4.74 Å². The smallest absolute Gasteiger partial charge is 0.232 e. The van der Waals surface area contributed by atoms with E-state index in [9.17, 15) is 9.00 Å². The number of ether oxygens (including phenoxy) is 1. The second kappa shape index (κ2) is 10.1. The number of amides is 1. The molecule has 0 unspecified atom stereocenters. The van der Waals surface area contributed by atoms with Crippen LogP contribution >= 0.6 is 15.9 Å². The predicted molar refractivity (Wildman–Crippen MR) is 97.1 cm³/mol. The van der Waals surface area contributed by atoms with Crippen molar-refractivity contribution in [2.45, 2.75) is 32.1 Å². The van der Waals surface area contributed by atoms with E-state index < -0.39 is 10.8 Å². The summed E-state index contributed by atoms with van der Waals surface area (Å²) in [5.41, 5.74) is 0. The lowest BCUT2D eigenvalue weighted by Crippen LogP contribution is -2.34. The summed E-state index contributed by atoms with van der Waals surface area (Å²) in [7, 11) is -1.18. The number of carbonyl (C=O) groups excluding carboxylic acids is 1. The van der Waals surface area contributed by atoms with Gasteiger partial charge in [0, 0.05) is 21.8 Å². The summed E-state index contributed by atoms with van der Waals surface area (Å²) in [5, 5.41) is 2.92. The summed E-state index contributed by atoms with van der Waals surface area (Å²) in [5.74, 6) is 1.65. The first-order valence-corrected chi connectivity index (χ1v) is 10.4. The zero-order chi connectivity index (χ0) is 16.5. The second-order valence-corrected chi connectivity index (χ2v) is 8.39. The van der Waals surface area contributed by atoms with E-state index in [1.54, 1.807) is 0 Å². The molecule has 6 heteroatoms. The summed E-state index contributed by atoms with van der Waals surface area (Å²) in [4.78, 5) is 11.8. The molecule has 1 aromatic rings. The molecule has 1 N–H and O–H groups in total. The summed E-state index contributed by atoms with van der Waals surface area (Å²) in [6, 6.07) is 7.51. The molecule has 4 nitrogen and oxygen atoms in total. The van der Waals surface area contributed by atoms with Gasteiger partial charge in [0.05, 0.1) is 12.4 Å². The molecule has 128 valence electrons. The standard InChI is InChI=1S/C17H24BrNO3S/c18-15-7-4-8-16(11-15)22-9-10-23(21)13-17(20)19-12-14-5-2-1-3-6-14/h4,7-8,11,14H,1-3,5-6,9-10,12-13H2,(H,19,20)/t23-/m0/s1. The molecule has 1 aromatic carbocycles. The van der Waals surface area contributed by atoms with Crippen molar-refractivity contribution in [3.05, 3.63) is 28.7 Å². The highest BCUT2D eigenvalue weighted by molar-refractivity contribution is 9.10. The molecule has 1 saturated carbocycles. The van der Waals surface area contributed by atoms with Gasteiger partial charge >= 0.3 is 0 Å². The highest BCUT2D eigenvalue weighted by Gasteiger charge is 2.15. The summed E-state index contributed by atoms with van der Waals surface area (Å²) in [6.45, 7) is 1.07. The topological polar surface area (TPSA) is 55.4 Å². The average molecular weight is 402 g/mol. The number of carbonyl (C=O) groups is 1. The minimum Gasteiger partial charge on any atom is -0.493 e. The van der Waals surface area contributed by atoms with Gasteiger partial charge in [0.2, 0.25) is 5.91 Å². The monoisotopic (exact) mass is 401 g/mol. The van der Waals surface area contributed by atoms with Crippen LogP contribution in [0, 0.1) is 5.92 Å². The fourth-order valence-electron chi connectivity index (χ4n) is 2.73. The Kier molecular flexibility index (Phi) is 8.09. The molecule has 23 heavy (non-hydrogen) atoms. The molecule has 1 fully saturated rings. The van der Waals surface area contributed by atoms with Crippen molar-refractivity contribution in [3.8, 4) is 5.75 Å². The van der Waals surface area contributed by atoms with Gasteiger partial charge in [0.25, 0.3) is 0 Å². The minimum atomic E-state index is -1.18. The fourth-order valence-corrected chi connectivity index (χ4v) is 3.91. The highest BCUT2D eigenvalue weighted by Crippen LogP contribution is 2.22. The maximum Gasteiger partial charge on any atom is 0.232 e. The van der Waals surface area contributed by atoms with Crippen molar-refractivity contribution in [1.82, 2.24) is 5.32 Å². The number of benzene rings is 1. The Bertz CT molecular complexity index is 532. The molecule has 1 aliphatic rings. The lowest BCUT2D eigenvalue weighted by Gasteiger charge is -2.21.